The summed E-state index contributed by atoms with van der Waals surface area (Å²) in [6.07, 6.45) is 5.64. The summed E-state index contributed by atoms with van der Waals surface area (Å²) in [4.78, 5) is 24.2. The Balaban J connectivity index is 1.45. The number of carbonyl (C=O) groups is 1. The summed E-state index contributed by atoms with van der Waals surface area (Å²) in [6, 6.07) is 7.73. The fourth-order valence-corrected chi connectivity index (χ4v) is 4.59. The van der Waals surface area contributed by atoms with Gasteiger partial charge in [0.15, 0.2) is 17.0 Å². The molecule has 1 aliphatic rings. The average molecular weight is 458 g/mol. The van der Waals surface area contributed by atoms with Crippen molar-refractivity contribution in [3.63, 3.8) is 0 Å². The number of imidazole rings is 1. The summed E-state index contributed by atoms with van der Waals surface area (Å²) in [5.74, 6) is 0.127. The lowest BCUT2D eigenvalue weighted by Gasteiger charge is -2.22. The number of esters is 1. The van der Waals surface area contributed by atoms with Crippen LogP contribution in [0.4, 0.5) is 5.82 Å². The third-order valence-corrected chi connectivity index (χ3v) is 6.50. The third kappa shape index (κ3) is 4.96. The maximum Gasteiger partial charge on any atom is 0.459 e. The zero-order valence-electron chi connectivity index (χ0n) is 17.5. The van der Waals surface area contributed by atoms with Gasteiger partial charge in [0.25, 0.3) is 0 Å². The Morgan fingerprint density at radius 2 is 2.12 bits per heavy atom. The van der Waals surface area contributed by atoms with E-state index >= 15 is 0 Å². The summed E-state index contributed by atoms with van der Waals surface area (Å²) >= 11 is 0. The van der Waals surface area contributed by atoms with Crippen LogP contribution in [0.2, 0.25) is 0 Å². The highest BCUT2D eigenvalue weighted by Gasteiger charge is 2.37. The zero-order chi connectivity index (χ0) is 22.7. The van der Waals surface area contributed by atoms with Crippen molar-refractivity contribution in [3.05, 3.63) is 48.6 Å². The van der Waals surface area contributed by atoms with Gasteiger partial charge in [-0.05, 0) is 31.1 Å². The van der Waals surface area contributed by atoms with Crippen LogP contribution in [0.5, 0.6) is 5.75 Å². The lowest BCUT2D eigenvalue weighted by molar-refractivity contribution is -0.142. The van der Waals surface area contributed by atoms with Crippen LogP contribution in [-0.2, 0) is 18.6 Å². The first-order chi connectivity index (χ1) is 15.4. The van der Waals surface area contributed by atoms with Crippen molar-refractivity contribution in [3.8, 4) is 5.75 Å². The molecule has 12 heteroatoms. The van der Waals surface area contributed by atoms with Crippen LogP contribution in [0.15, 0.2) is 48.6 Å². The number of aromatic nitrogens is 4. The van der Waals surface area contributed by atoms with Crippen LogP contribution in [-0.4, -0.2) is 45.2 Å². The number of hydrogen-bond acceptors (Lipinski definition) is 9. The first kappa shape index (κ1) is 21.9. The van der Waals surface area contributed by atoms with Crippen LogP contribution >= 0.6 is 7.75 Å². The molecule has 1 aromatic carbocycles. The molecule has 0 radical (unpaired) electrons. The number of benzene rings is 1. The van der Waals surface area contributed by atoms with Gasteiger partial charge in [0.2, 0.25) is 0 Å². The molecule has 0 saturated heterocycles. The molecule has 1 fully saturated rings. The van der Waals surface area contributed by atoms with Gasteiger partial charge in [-0.25, -0.2) is 19.5 Å². The molecule has 0 aliphatic heterocycles. The van der Waals surface area contributed by atoms with Crippen molar-refractivity contribution < 1.29 is 23.1 Å². The topological polar surface area (TPSA) is 143 Å². The Bertz CT molecular complexity index is 1200. The first-order valence-corrected chi connectivity index (χ1v) is 11.4. The van der Waals surface area contributed by atoms with E-state index in [-0.39, 0.29) is 12.5 Å². The lowest BCUT2D eigenvalue weighted by Crippen LogP contribution is -2.34. The molecule has 0 amide bonds. The lowest BCUT2D eigenvalue weighted by atomic mass is 10.3. The van der Waals surface area contributed by atoms with E-state index in [1.807, 2.05) is 12.3 Å². The molecule has 0 spiro atoms. The van der Waals surface area contributed by atoms with Crippen molar-refractivity contribution in [2.75, 3.05) is 19.5 Å². The molecule has 2 aromatic heterocycles. The smallest absolute Gasteiger partial charge is 0.459 e. The minimum atomic E-state index is -3.86. The van der Waals surface area contributed by atoms with Gasteiger partial charge in [0, 0.05) is 12.1 Å². The Hall–Kier alpha value is -3.27. The van der Waals surface area contributed by atoms with Crippen molar-refractivity contribution in [1.82, 2.24) is 24.6 Å². The Kier molecular flexibility index (Phi) is 6.22. The molecule has 1 saturated carbocycles. The number of nitrogens with zero attached hydrogens (tertiary/aromatic N) is 4. The quantitative estimate of drug-likeness (QED) is 0.363. The van der Waals surface area contributed by atoms with Crippen LogP contribution in [0, 0.1) is 5.92 Å². The van der Waals surface area contributed by atoms with Crippen LogP contribution in [0.25, 0.3) is 17.4 Å². The SMILES string of the molecule is COC(=O)[C@H](C)NP(=O)(OC[C@H]1C/C1=C/n1cnc2c(N)ncnc21)Oc1ccccc1. The highest BCUT2D eigenvalue weighted by atomic mass is 31.2. The van der Waals surface area contributed by atoms with E-state index in [0.29, 0.717) is 22.7 Å². The number of nitrogens with two attached hydrogens (primary N) is 1. The molecule has 2 heterocycles. The monoisotopic (exact) mass is 458 g/mol. The number of methoxy groups -OCH3 is 1. The van der Waals surface area contributed by atoms with E-state index < -0.39 is 19.8 Å². The molecule has 1 aliphatic carbocycles. The number of hydrogen-bond donors (Lipinski definition) is 2. The van der Waals surface area contributed by atoms with E-state index in [0.717, 1.165) is 12.0 Å². The van der Waals surface area contributed by atoms with Gasteiger partial charge >= 0.3 is 13.7 Å². The Morgan fingerprint density at radius 3 is 2.88 bits per heavy atom. The van der Waals surface area contributed by atoms with E-state index in [4.69, 9.17) is 19.5 Å². The minimum absolute atomic E-state index is 0.0366. The standard InChI is InChI=1S/C20H23N6O5P/c1-13(20(27)29-2)25-32(28,31-16-6-4-3-5-7-16)30-10-15-8-14(15)9-26-12-24-17-18(21)22-11-23-19(17)26/h3-7,9,11-13,15H,8,10H2,1-2H3,(H,25,28)(H2,21,22,23)/b14-9-/t13-,15+,32?/m0/s1. The van der Waals surface area contributed by atoms with Crippen LogP contribution in [0.3, 0.4) is 0 Å². The fourth-order valence-electron chi connectivity index (χ4n) is 3.06. The van der Waals surface area contributed by atoms with Gasteiger partial charge in [-0.3, -0.25) is 13.9 Å². The number of carbonyl (C=O) groups excluding carboxylic acids is 1. The average Bonchev–Trinajstić information content (AvgIpc) is 3.40. The molecule has 11 nitrogen and oxygen atoms in total. The van der Waals surface area contributed by atoms with Crippen LogP contribution in [0.1, 0.15) is 13.3 Å². The minimum Gasteiger partial charge on any atom is -0.468 e. The molecule has 32 heavy (non-hydrogen) atoms. The second kappa shape index (κ2) is 9.07. The molecule has 3 aromatic rings. The maximum atomic E-state index is 13.4. The molecule has 168 valence electrons. The predicted octanol–water partition coefficient (Wildman–Crippen LogP) is 2.62. The van der Waals surface area contributed by atoms with Gasteiger partial charge < -0.3 is 15.0 Å². The van der Waals surface area contributed by atoms with Crippen molar-refractivity contribution in [1.29, 1.82) is 0 Å². The molecular weight excluding hydrogens is 435 g/mol. The Morgan fingerprint density at radius 1 is 1.34 bits per heavy atom. The first-order valence-electron chi connectivity index (χ1n) is 9.87. The predicted molar refractivity (Wildman–Crippen MR) is 117 cm³/mol. The van der Waals surface area contributed by atoms with E-state index in [9.17, 15) is 9.36 Å². The van der Waals surface area contributed by atoms with Gasteiger partial charge in [0.1, 0.15) is 24.4 Å². The maximum absolute atomic E-state index is 13.4. The van der Waals surface area contributed by atoms with E-state index in [1.165, 1.54) is 20.4 Å². The summed E-state index contributed by atoms with van der Waals surface area (Å²) in [6.45, 7) is 1.66. The number of nitrogens with one attached hydrogen (secondary N) is 1. The molecule has 3 N–H and O–H groups in total. The number of rotatable bonds is 9. The van der Waals surface area contributed by atoms with E-state index in [2.05, 4.69) is 20.0 Å². The van der Waals surface area contributed by atoms with Gasteiger partial charge in [0.05, 0.1) is 13.7 Å². The summed E-state index contributed by atoms with van der Waals surface area (Å²) in [5, 5.41) is 2.64. The number of para-hydroxylation sites is 1. The van der Waals surface area contributed by atoms with Crippen molar-refractivity contribution in [2.45, 2.75) is 19.4 Å². The van der Waals surface area contributed by atoms with Crippen molar-refractivity contribution in [2.24, 2.45) is 5.92 Å². The molecule has 4 rings (SSSR count). The molecular formula is C20H23N6O5P. The number of fused-ring (bicyclic) bond motifs is 1. The number of nitrogen functional groups attached to an aromatic ring is 1. The van der Waals surface area contributed by atoms with Gasteiger partial charge in [-0.15, -0.1) is 0 Å². The largest absolute Gasteiger partial charge is 0.468 e. The third-order valence-electron chi connectivity index (χ3n) is 4.86. The Labute approximate surface area is 184 Å². The summed E-state index contributed by atoms with van der Waals surface area (Å²) in [7, 11) is -2.60. The normalized spacial score (nSPS) is 19.4. The zero-order valence-corrected chi connectivity index (χ0v) is 18.4. The van der Waals surface area contributed by atoms with Gasteiger partial charge in [-0.1, -0.05) is 18.2 Å². The molecule has 0 bridgehead atoms. The second-order valence-electron chi connectivity index (χ2n) is 7.26. The summed E-state index contributed by atoms with van der Waals surface area (Å²) < 4.78 is 31.1. The van der Waals surface area contributed by atoms with Crippen molar-refractivity contribution >= 4 is 36.9 Å². The van der Waals surface area contributed by atoms with E-state index in [1.54, 1.807) is 35.2 Å². The fraction of sp³-hybridized carbons (Fsp3) is 0.300. The highest BCUT2D eigenvalue weighted by Crippen LogP contribution is 2.48. The summed E-state index contributed by atoms with van der Waals surface area (Å²) in [5.41, 5.74) is 8.01. The molecule has 3 atom stereocenters. The number of anilines is 1. The van der Waals surface area contributed by atoms with Crippen LogP contribution < -0.4 is 15.3 Å². The molecule has 1 unspecified atom stereocenters. The number of ether oxygens (including phenoxy) is 1. The second-order valence-corrected chi connectivity index (χ2v) is 8.95. The van der Waals surface area contributed by atoms with Gasteiger partial charge in [-0.2, -0.15) is 5.09 Å². The highest BCUT2D eigenvalue weighted by molar-refractivity contribution is 7.52.